The maximum atomic E-state index is 7.60. The first kappa shape index (κ1) is 28.8. The van der Waals surface area contributed by atoms with Crippen molar-refractivity contribution in [1.29, 1.82) is 0 Å². The van der Waals surface area contributed by atoms with Crippen molar-refractivity contribution in [3.8, 4) is 55.6 Å². The summed E-state index contributed by atoms with van der Waals surface area (Å²) >= 11 is 1.86. The Morgan fingerprint density at radius 3 is 1.51 bits per heavy atom. The van der Waals surface area contributed by atoms with Crippen molar-refractivity contribution < 1.29 is 0 Å². The third-order valence-corrected chi connectivity index (χ3v) is 10.6. The molecule has 0 aliphatic heterocycles. The zero-order valence-corrected chi connectivity index (χ0v) is 27.2. The molecule has 3 nitrogen and oxygen atoms in total. The first-order valence-electron chi connectivity index (χ1n) is 16.2. The molecule has 0 spiro atoms. The van der Waals surface area contributed by atoms with Crippen LogP contribution in [-0.4, -0.2) is 9.97 Å². The summed E-state index contributed by atoms with van der Waals surface area (Å²) in [6, 6.07) is 49.3. The average molecular weight is 642 g/mol. The van der Waals surface area contributed by atoms with Crippen molar-refractivity contribution in [3.05, 3.63) is 176 Å². The third-order valence-electron chi connectivity index (χ3n) is 9.29. The number of nitrogens with zero attached hydrogens (tertiary/aromatic N) is 3. The molecular formula is C45H27N3S. The Hall–Kier alpha value is -6.41. The fourth-order valence-corrected chi connectivity index (χ4v) is 8.29. The Balaban J connectivity index is 1.17. The molecule has 0 saturated heterocycles. The van der Waals surface area contributed by atoms with Gasteiger partial charge in [0.05, 0.1) is 6.57 Å². The predicted molar refractivity (Wildman–Crippen MR) is 206 cm³/mol. The van der Waals surface area contributed by atoms with Crippen LogP contribution in [0.3, 0.4) is 0 Å². The quantitative estimate of drug-likeness (QED) is 0.175. The van der Waals surface area contributed by atoms with E-state index in [2.05, 4.69) is 118 Å². The van der Waals surface area contributed by atoms with Gasteiger partial charge in [-0.2, -0.15) is 0 Å². The van der Waals surface area contributed by atoms with E-state index in [1.54, 1.807) is 0 Å². The van der Waals surface area contributed by atoms with Gasteiger partial charge in [0.1, 0.15) is 0 Å². The van der Waals surface area contributed by atoms with Gasteiger partial charge in [0.2, 0.25) is 0 Å². The van der Waals surface area contributed by atoms with Gasteiger partial charge in [-0.3, -0.25) is 9.97 Å². The molecule has 0 fully saturated rings. The summed E-state index contributed by atoms with van der Waals surface area (Å²) < 4.78 is 2.55. The SMILES string of the molecule is [C-]#[N+]c1ccc(-c2ccc(-c3cccc4c3sc3c(-c5cc(-c6cccnc6)cc(-c6cccnc6)c5)cccc34)cc2)c2ccccc12. The van der Waals surface area contributed by atoms with E-state index < -0.39 is 0 Å². The number of thiophene rings is 1. The molecule has 0 N–H and O–H groups in total. The van der Waals surface area contributed by atoms with Gasteiger partial charge in [0.25, 0.3) is 0 Å². The molecule has 49 heavy (non-hydrogen) atoms. The second-order valence-electron chi connectivity index (χ2n) is 12.1. The molecule has 0 amide bonds. The highest BCUT2D eigenvalue weighted by molar-refractivity contribution is 7.26. The van der Waals surface area contributed by atoms with Crippen LogP contribution in [0.15, 0.2) is 164 Å². The smallest absolute Gasteiger partial charge is 0.194 e. The zero-order chi connectivity index (χ0) is 32.7. The van der Waals surface area contributed by atoms with Crippen LogP contribution in [0.4, 0.5) is 5.69 Å². The minimum Gasteiger partial charge on any atom is -0.264 e. The van der Waals surface area contributed by atoms with Gasteiger partial charge >= 0.3 is 0 Å². The lowest BCUT2D eigenvalue weighted by Gasteiger charge is -2.11. The highest BCUT2D eigenvalue weighted by Crippen LogP contribution is 2.45. The maximum Gasteiger partial charge on any atom is 0.194 e. The lowest BCUT2D eigenvalue weighted by molar-refractivity contribution is 1.32. The maximum absolute atomic E-state index is 7.60. The first-order valence-corrected chi connectivity index (χ1v) is 17.0. The minimum atomic E-state index is 0.684. The second-order valence-corrected chi connectivity index (χ2v) is 13.1. The number of rotatable bonds is 5. The van der Waals surface area contributed by atoms with Gasteiger partial charge in [0.15, 0.2) is 5.69 Å². The molecule has 228 valence electrons. The van der Waals surface area contributed by atoms with E-state index in [9.17, 15) is 0 Å². The fraction of sp³-hybridized carbons (Fsp3) is 0. The number of pyridine rings is 2. The summed E-state index contributed by atoms with van der Waals surface area (Å²) in [7, 11) is 0. The Kier molecular flexibility index (Phi) is 7.04. The van der Waals surface area contributed by atoms with Gasteiger partial charge in [-0.25, -0.2) is 4.85 Å². The monoisotopic (exact) mass is 641 g/mol. The standard InChI is InChI=1S/C45H27N3S/c1-46-43-21-20-36(39-10-2-3-11-40(39)43)29-16-18-30(19-17-29)37-12-4-14-41-42-15-5-13-38(45(42)49-44(37)41)35-25-33(31-8-6-22-47-27-31)24-34(26-35)32-9-7-23-48-28-32/h2-28H. The summed E-state index contributed by atoms with van der Waals surface area (Å²) in [5.74, 6) is 0. The molecular weight excluding hydrogens is 615 g/mol. The average Bonchev–Trinajstić information content (AvgIpc) is 3.57. The molecule has 4 heteroatoms. The van der Waals surface area contributed by atoms with Crippen LogP contribution in [0.1, 0.15) is 0 Å². The fourth-order valence-electron chi connectivity index (χ4n) is 6.92. The van der Waals surface area contributed by atoms with Crippen LogP contribution in [0.2, 0.25) is 0 Å². The highest BCUT2D eigenvalue weighted by Gasteiger charge is 2.16. The van der Waals surface area contributed by atoms with E-state index in [4.69, 9.17) is 6.57 Å². The highest BCUT2D eigenvalue weighted by atomic mass is 32.1. The number of hydrogen-bond acceptors (Lipinski definition) is 3. The zero-order valence-electron chi connectivity index (χ0n) is 26.3. The van der Waals surface area contributed by atoms with E-state index in [1.165, 1.54) is 42.4 Å². The summed E-state index contributed by atoms with van der Waals surface area (Å²) in [5.41, 5.74) is 12.2. The minimum absolute atomic E-state index is 0.684. The summed E-state index contributed by atoms with van der Waals surface area (Å²) in [6.07, 6.45) is 7.48. The normalized spacial score (nSPS) is 11.2. The lowest BCUT2D eigenvalue weighted by atomic mass is 9.93. The van der Waals surface area contributed by atoms with Crippen LogP contribution in [-0.2, 0) is 0 Å². The van der Waals surface area contributed by atoms with Gasteiger partial charge in [-0.15, -0.1) is 11.3 Å². The molecule has 0 atom stereocenters. The Morgan fingerprint density at radius 2 is 0.939 bits per heavy atom. The molecule has 0 aliphatic rings. The number of fused-ring (bicyclic) bond motifs is 4. The van der Waals surface area contributed by atoms with Crippen LogP contribution >= 0.6 is 11.3 Å². The molecule has 3 aromatic heterocycles. The third kappa shape index (κ3) is 5.05. The van der Waals surface area contributed by atoms with Crippen LogP contribution < -0.4 is 0 Å². The molecule has 0 bridgehead atoms. The number of benzene rings is 6. The topological polar surface area (TPSA) is 30.1 Å². The number of hydrogen-bond donors (Lipinski definition) is 0. The largest absolute Gasteiger partial charge is 0.264 e. The van der Waals surface area contributed by atoms with Crippen molar-refractivity contribution >= 4 is 48.0 Å². The van der Waals surface area contributed by atoms with Gasteiger partial charge in [-0.05, 0) is 85.6 Å². The van der Waals surface area contributed by atoms with Gasteiger partial charge < -0.3 is 0 Å². The molecule has 0 aliphatic carbocycles. The molecule has 6 aromatic carbocycles. The Labute approximate surface area is 288 Å². The lowest BCUT2D eigenvalue weighted by Crippen LogP contribution is -1.87. The first-order chi connectivity index (χ1) is 24.2. The molecule has 0 unspecified atom stereocenters. The van der Waals surface area contributed by atoms with Crippen molar-refractivity contribution in [1.82, 2.24) is 9.97 Å². The second kappa shape index (κ2) is 12.0. The predicted octanol–water partition coefficient (Wildman–Crippen LogP) is 12.9. The Bertz CT molecular complexity index is 2650. The van der Waals surface area contributed by atoms with E-state index in [0.29, 0.717) is 5.69 Å². The van der Waals surface area contributed by atoms with Crippen molar-refractivity contribution in [2.75, 3.05) is 0 Å². The van der Waals surface area contributed by atoms with Crippen LogP contribution in [0.5, 0.6) is 0 Å². The van der Waals surface area contributed by atoms with E-state index in [1.807, 2.05) is 72.5 Å². The van der Waals surface area contributed by atoms with Crippen LogP contribution in [0, 0.1) is 6.57 Å². The van der Waals surface area contributed by atoms with Crippen LogP contribution in [0.25, 0.3) is 91.4 Å². The number of aromatic nitrogens is 2. The molecule has 3 heterocycles. The van der Waals surface area contributed by atoms with Crippen molar-refractivity contribution in [2.45, 2.75) is 0 Å². The molecule has 0 saturated carbocycles. The summed E-state index contributed by atoms with van der Waals surface area (Å²) in [6.45, 7) is 7.60. The van der Waals surface area contributed by atoms with Crippen molar-refractivity contribution in [2.24, 2.45) is 0 Å². The van der Waals surface area contributed by atoms with E-state index >= 15 is 0 Å². The molecule has 9 aromatic rings. The molecule has 9 rings (SSSR count). The summed E-state index contributed by atoms with van der Waals surface area (Å²) in [4.78, 5) is 12.6. The Morgan fingerprint density at radius 1 is 0.408 bits per heavy atom. The van der Waals surface area contributed by atoms with E-state index in [0.717, 1.165) is 44.2 Å². The van der Waals surface area contributed by atoms with Gasteiger partial charge in [0, 0.05) is 56.1 Å². The van der Waals surface area contributed by atoms with Crippen molar-refractivity contribution in [3.63, 3.8) is 0 Å². The molecule has 0 radical (unpaired) electrons. The van der Waals surface area contributed by atoms with Gasteiger partial charge in [-0.1, -0.05) is 109 Å². The van der Waals surface area contributed by atoms with E-state index in [-0.39, 0.29) is 0 Å². The summed E-state index contributed by atoms with van der Waals surface area (Å²) in [5, 5.41) is 4.61.